The largest absolute Gasteiger partial charge is 0.269 e. The molecule has 0 saturated heterocycles. The van der Waals surface area contributed by atoms with Gasteiger partial charge >= 0.3 is 0 Å². The average molecular weight is 184 g/mol. The average Bonchev–Trinajstić information content (AvgIpc) is 2.03. The van der Waals surface area contributed by atoms with Crippen molar-refractivity contribution in [3.63, 3.8) is 0 Å². The van der Waals surface area contributed by atoms with Crippen molar-refractivity contribution in [3.05, 3.63) is 37.4 Å². The molecule has 0 spiro atoms. The van der Waals surface area contributed by atoms with Gasteiger partial charge in [-0.05, 0) is 12.1 Å². The SMILES string of the molecule is [CH2]N(c1ccccc1)S(C)(=O)=O. The second-order valence-electron chi connectivity index (χ2n) is 2.45. The van der Waals surface area contributed by atoms with Crippen LogP contribution in [-0.2, 0) is 10.0 Å². The van der Waals surface area contributed by atoms with Gasteiger partial charge in [-0.15, -0.1) is 0 Å². The van der Waals surface area contributed by atoms with E-state index in [4.69, 9.17) is 0 Å². The molecular weight excluding hydrogens is 174 g/mol. The number of rotatable bonds is 2. The van der Waals surface area contributed by atoms with Crippen LogP contribution >= 0.6 is 0 Å². The maximum atomic E-state index is 11.0. The van der Waals surface area contributed by atoms with E-state index < -0.39 is 10.0 Å². The third-order valence-corrected chi connectivity index (χ3v) is 2.46. The van der Waals surface area contributed by atoms with E-state index in [0.29, 0.717) is 5.69 Å². The Kier molecular flexibility index (Phi) is 2.38. The molecule has 1 aromatic rings. The maximum absolute atomic E-state index is 11.0. The Balaban J connectivity index is 3.02. The van der Waals surface area contributed by atoms with Crippen LogP contribution in [0.25, 0.3) is 0 Å². The molecule has 65 valence electrons. The lowest BCUT2D eigenvalue weighted by molar-refractivity contribution is 0.601. The summed E-state index contributed by atoms with van der Waals surface area (Å²) >= 11 is 0. The molecule has 0 heterocycles. The fourth-order valence-electron chi connectivity index (χ4n) is 0.786. The number of anilines is 1. The smallest absolute Gasteiger partial charge is 0.232 e. The van der Waals surface area contributed by atoms with Crippen LogP contribution in [0.1, 0.15) is 0 Å². The van der Waals surface area contributed by atoms with Gasteiger partial charge in [-0.3, -0.25) is 4.31 Å². The molecule has 0 aliphatic heterocycles. The second kappa shape index (κ2) is 3.15. The molecule has 3 nitrogen and oxygen atoms in total. The number of nitrogens with zero attached hydrogens (tertiary/aromatic N) is 1. The zero-order chi connectivity index (χ0) is 9.19. The maximum Gasteiger partial charge on any atom is 0.232 e. The summed E-state index contributed by atoms with van der Waals surface area (Å²) in [5.41, 5.74) is 0.569. The molecule has 4 heteroatoms. The van der Waals surface area contributed by atoms with Crippen molar-refractivity contribution in [2.45, 2.75) is 0 Å². The summed E-state index contributed by atoms with van der Waals surface area (Å²) in [6, 6.07) is 8.72. The van der Waals surface area contributed by atoms with Crippen molar-refractivity contribution in [1.82, 2.24) is 0 Å². The first-order chi connectivity index (χ1) is 5.52. The first-order valence-corrected chi connectivity index (χ1v) is 5.22. The lowest BCUT2D eigenvalue weighted by Crippen LogP contribution is -2.22. The molecule has 1 radical (unpaired) electrons. The normalized spacial score (nSPS) is 11.2. The first-order valence-electron chi connectivity index (χ1n) is 3.37. The van der Waals surface area contributed by atoms with E-state index in [9.17, 15) is 8.42 Å². The number of benzene rings is 1. The van der Waals surface area contributed by atoms with E-state index >= 15 is 0 Å². The topological polar surface area (TPSA) is 37.4 Å². The van der Waals surface area contributed by atoms with Crippen LogP contribution in [0, 0.1) is 7.05 Å². The highest BCUT2D eigenvalue weighted by molar-refractivity contribution is 7.92. The Hall–Kier alpha value is -1.03. The van der Waals surface area contributed by atoms with Gasteiger partial charge in [0.1, 0.15) is 0 Å². The molecule has 12 heavy (non-hydrogen) atoms. The van der Waals surface area contributed by atoms with Crippen molar-refractivity contribution >= 4 is 15.7 Å². The van der Waals surface area contributed by atoms with Gasteiger partial charge in [0.05, 0.1) is 19.0 Å². The Morgan fingerprint density at radius 1 is 1.25 bits per heavy atom. The van der Waals surface area contributed by atoms with E-state index in [1.54, 1.807) is 24.3 Å². The predicted molar refractivity (Wildman–Crippen MR) is 49.1 cm³/mol. The number of sulfonamides is 1. The third-order valence-electron chi connectivity index (χ3n) is 1.44. The molecule has 0 unspecified atom stereocenters. The molecule has 0 bridgehead atoms. The standard InChI is InChI=1S/C8H10NO2S/c1-9(12(2,10)11)8-6-4-3-5-7-8/h3-7H,1H2,2H3. The van der Waals surface area contributed by atoms with Gasteiger partial charge in [-0.1, -0.05) is 18.2 Å². The Labute approximate surface area is 72.7 Å². The Bertz CT molecular complexity index is 345. The molecule has 0 aliphatic carbocycles. The van der Waals surface area contributed by atoms with Crippen molar-refractivity contribution in [2.24, 2.45) is 0 Å². The van der Waals surface area contributed by atoms with Gasteiger partial charge in [-0.25, -0.2) is 8.42 Å². The molecular formula is C8H10NO2S. The summed E-state index contributed by atoms with van der Waals surface area (Å²) in [6.45, 7) is 0. The van der Waals surface area contributed by atoms with Gasteiger partial charge in [0.2, 0.25) is 10.0 Å². The predicted octanol–water partition coefficient (Wildman–Crippen LogP) is 1.24. The zero-order valence-electron chi connectivity index (χ0n) is 6.77. The molecule has 0 fully saturated rings. The monoisotopic (exact) mass is 184 g/mol. The highest BCUT2D eigenvalue weighted by atomic mass is 32.2. The van der Waals surface area contributed by atoms with Gasteiger partial charge in [0.25, 0.3) is 0 Å². The van der Waals surface area contributed by atoms with Gasteiger partial charge in [0.15, 0.2) is 0 Å². The van der Waals surface area contributed by atoms with Crippen LogP contribution in [-0.4, -0.2) is 14.7 Å². The minimum atomic E-state index is -3.23. The Morgan fingerprint density at radius 3 is 2.17 bits per heavy atom. The van der Waals surface area contributed by atoms with Crippen LogP contribution in [0.2, 0.25) is 0 Å². The van der Waals surface area contributed by atoms with E-state index in [1.165, 1.54) is 0 Å². The van der Waals surface area contributed by atoms with Gasteiger partial charge in [-0.2, -0.15) is 0 Å². The van der Waals surface area contributed by atoms with Crippen molar-refractivity contribution < 1.29 is 8.42 Å². The Morgan fingerprint density at radius 2 is 1.75 bits per heavy atom. The van der Waals surface area contributed by atoms with Crippen molar-refractivity contribution in [3.8, 4) is 0 Å². The molecule has 0 N–H and O–H groups in total. The minimum absolute atomic E-state index is 0.569. The van der Waals surface area contributed by atoms with E-state index in [2.05, 4.69) is 7.05 Å². The van der Waals surface area contributed by atoms with Crippen LogP contribution in [0.3, 0.4) is 0 Å². The number of para-hydroxylation sites is 1. The quantitative estimate of drug-likeness (QED) is 0.693. The van der Waals surface area contributed by atoms with E-state index in [-0.39, 0.29) is 0 Å². The summed E-state index contributed by atoms with van der Waals surface area (Å²) in [5.74, 6) is 0. The summed E-state index contributed by atoms with van der Waals surface area (Å²) in [5, 5.41) is 0. The molecule has 0 aliphatic rings. The molecule has 1 aromatic carbocycles. The second-order valence-corrected chi connectivity index (χ2v) is 4.35. The lowest BCUT2D eigenvalue weighted by atomic mass is 10.3. The van der Waals surface area contributed by atoms with Gasteiger partial charge in [0, 0.05) is 0 Å². The van der Waals surface area contributed by atoms with Crippen LogP contribution in [0.4, 0.5) is 5.69 Å². The molecule has 0 aromatic heterocycles. The number of hydrogen-bond donors (Lipinski definition) is 0. The molecule has 0 atom stereocenters. The molecule has 0 saturated carbocycles. The third kappa shape index (κ3) is 1.98. The summed E-state index contributed by atoms with van der Waals surface area (Å²) < 4.78 is 23.0. The van der Waals surface area contributed by atoms with Crippen LogP contribution in [0.15, 0.2) is 30.3 Å². The van der Waals surface area contributed by atoms with Crippen LogP contribution in [0.5, 0.6) is 0 Å². The van der Waals surface area contributed by atoms with Gasteiger partial charge < -0.3 is 0 Å². The summed E-state index contributed by atoms with van der Waals surface area (Å²) in [6.07, 6.45) is 1.12. The zero-order valence-corrected chi connectivity index (χ0v) is 7.58. The highest BCUT2D eigenvalue weighted by Gasteiger charge is 2.10. The molecule has 0 amide bonds. The highest BCUT2D eigenvalue weighted by Crippen LogP contribution is 2.14. The van der Waals surface area contributed by atoms with Crippen LogP contribution < -0.4 is 4.31 Å². The fourth-order valence-corrected chi connectivity index (χ4v) is 1.29. The molecule has 1 rings (SSSR count). The summed E-state index contributed by atoms with van der Waals surface area (Å²) in [4.78, 5) is 0. The minimum Gasteiger partial charge on any atom is -0.269 e. The van der Waals surface area contributed by atoms with Crippen molar-refractivity contribution in [1.29, 1.82) is 0 Å². The number of hydrogen-bond acceptors (Lipinski definition) is 2. The fraction of sp³-hybridized carbons (Fsp3) is 0.125. The van der Waals surface area contributed by atoms with E-state index in [0.717, 1.165) is 10.6 Å². The lowest BCUT2D eigenvalue weighted by Gasteiger charge is -2.15. The van der Waals surface area contributed by atoms with E-state index in [1.807, 2.05) is 6.07 Å². The van der Waals surface area contributed by atoms with Crippen molar-refractivity contribution in [2.75, 3.05) is 10.6 Å². The first kappa shape index (κ1) is 9.06. The summed E-state index contributed by atoms with van der Waals surface area (Å²) in [7, 11) is 0.191.